The summed E-state index contributed by atoms with van der Waals surface area (Å²) in [6.45, 7) is 10.6. The minimum Gasteiger partial charge on any atom is -0.394 e. The minimum atomic E-state index is -0.481. The van der Waals surface area contributed by atoms with E-state index in [-0.39, 0.29) is 56.2 Å². The summed E-state index contributed by atoms with van der Waals surface area (Å²) >= 11 is 0. The Kier molecular flexibility index (Phi) is 12.5. The van der Waals surface area contributed by atoms with Crippen molar-refractivity contribution in [1.29, 1.82) is 0 Å². The van der Waals surface area contributed by atoms with Crippen LogP contribution >= 0.6 is 0 Å². The Morgan fingerprint density at radius 3 is 1.85 bits per heavy atom. The molecule has 1 saturated heterocycles. The zero-order valence-electron chi connectivity index (χ0n) is 25.4. The lowest BCUT2D eigenvalue weighted by molar-refractivity contribution is -0.131. The van der Waals surface area contributed by atoms with Crippen molar-refractivity contribution in [2.24, 2.45) is 41.4 Å². The third kappa shape index (κ3) is 8.85. The van der Waals surface area contributed by atoms with E-state index in [1.807, 2.05) is 0 Å². The van der Waals surface area contributed by atoms with Gasteiger partial charge < -0.3 is 25.0 Å². The van der Waals surface area contributed by atoms with E-state index in [1.54, 1.807) is 0 Å². The van der Waals surface area contributed by atoms with Crippen molar-refractivity contribution in [1.82, 2.24) is 21.3 Å². The highest BCUT2D eigenvalue weighted by Gasteiger charge is 2.45. The molecule has 0 spiro atoms. The second-order valence-corrected chi connectivity index (χ2v) is 13.7. The lowest BCUT2D eigenvalue weighted by atomic mass is 9.71. The van der Waals surface area contributed by atoms with Crippen LogP contribution in [0.2, 0.25) is 0 Å². The zero-order chi connectivity index (χ0) is 28.6. The molecule has 0 radical (unpaired) electrons. The lowest BCUT2D eigenvalue weighted by Crippen LogP contribution is -2.74. The maximum absolute atomic E-state index is 12.1. The average molecular weight is 567 g/mol. The van der Waals surface area contributed by atoms with Crippen LogP contribution < -0.4 is 21.3 Å². The van der Waals surface area contributed by atoms with E-state index in [4.69, 9.17) is 14.6 Å². The van der Waals surface area contributed by atoms with E-state index in [1.165, 1.54) is 38.5 Å². The van der Waals surface area contributed by atoms with Crippen LogP contribution in [0.1, 0.15) is 85.5 Å². The van der Waals surface area contributed by atoms with Gasteiger partial charge in [0.1, 0.15) is 6.61 Å². The molecule has 9 nitrogen and oxygen atoms in total. The van der Waals surface area contributed by atoms with Crippen LogP contribution in [0.5, 0.6) is 0 Å². The SMILES string of the molecule is CC1CCC(C2NC(C3CCC(C)CC3C)NC(C3CCC(OCC(=O)NCCOCCO)CC3O)N2)C(C)C1. The van der Waals surface area contributed by atoms with Crippen molar-refractivity contribution in [3.63, 3.8) is 0 Å². The molecule has 4 fully saturated rings. The first-order valence-electron chi connectivity index (χ1n) is 16.3. The summed E-state index contributed by atoms with van der Waals surface area (Å²) in [6.07, 6.45) is 9.92. The van der Waals surface area contributed by atoms with Crippen LogP contribution in [0.25, 0.3) is 0 Å². The van der Waals surface area contributed by atoms with E-state index in [2.05, 4.69) is 49.0 Å². The molecule has 4 aliphatic rings. The van der Waals surface area contributed by atoms with Gasteiger partial charge >= 0.3 is 0 Å². The molecule has 1 heterocycles. The van der Waals surface area contributed by atoms with Gasteiger partial charge in [0, 0.05) is 12.5 Å². The van der Waals surface area contributed by atoms with Crippen LogP contribution in [-0.4, -0.2) is 79.8 Å². The Morgan fingerprint density at radius 1 is 0.775 bits per heavy atom. The molecule has 1 aliphatic heterocycles. The van der Waals surface area contributed by atoms with Crippen LogP contribution in [0.3, 0.4) is 0 Å². The zero-order valence-corrected chi connectivity index (χ0v) is 25.4. The highest BCUT2D eigenvalue weighted by Crippen LogP contribution is 2.40. The van der Waals surface area contributed by atoms with Gasteiger partial charge in [-0.3, -0.25) is 20.7 Å². The maximum atomic E-state index is 12.1. The first kappa shape index (κ1) is 32.1. The van der Waals surface area contributed by atoms with Crippen molar-refractivity contribution < 1.29 is 24.5 Å². The number of ether oxygens (including phenoxy) is 2. The number of hydrogen-bond donors (Lipinski definition) is 6. The predicted octanol–water partition coefficient (Wildman–Crippen LogP) is 2.56. The maximum Gasteiger partial charge on any atom is 0.246 e. The lowest BCUT2D eigenvalue weighted by Gasteiger charge is -2.52. The van der Waals surface area contributed by atoms with Gasteiger partial charge in [0.05, 0.1) is 50.5 Å². The van der Waals surface area contributed by atoms with E-state index >= 15 is 0 Å². The van der Waals surface area contributed by atoms with Gasteiger partial charge in [0.2, 0.25) is 5.91 Å². The summed E-state index contributed by atoms with van der Waals surface area (Å²) in [7, 11) is 0. The van der Waals surface area contributed by atoms with Crippen LogP contribution in [-0.2, 0) is 14.3 Å². The van der Waals surface area contributed by atoms with Gasteiger partial charge in [-0.15, -0.1) is 0 Å². The largest absolute Gasteiger partial charge is 0.394 e. The first-order valence-corrected chi connectivity index (χ1v) is 16.3. The fourth-order valence-corrected chi connectivity index (χ4v) is 8.18. The van der Waals surface area contributed by atoms with Crippen molar-refractivity contribution in [3.8, 4) is 0 Å². The summed E-state index contributed by atoms with van der Waals surface area (Å²) in [6, 6.07) is 0. The molecule has 11 unspecified atom stereocenters. The van der Waals surface area contributed by atoms with Crippen LogP contribution in [0.15, 0.2) is 0 Å². The smallest absolute Gasteiger partial charge is 0.246 e. The molecule has 40 heavy (non-hydrogen) atoms. The molecule has 1 amide bonds. The molecule has 4 rings (SSSR count). The minimum absolute atomic E-state index is 0.00790. The number of rotatable bonds is 11. The molecule has 0 aromatic heterocycles. The Hall–Kier alpha value is -0.810. The molecule has 0 aromatic carbocycles. The molecular weight excluding hydrogens is 508 g/mol. The third-order valence-electron chi connectivity index (χ3n) is 10.4. The monoisotopic (exact) mass is 566 g/mol. The average Bonchev–Trinajstić information content (AvgIpc) is 2.91. The number of aliphatic hydroxyl groups excluding tert-OH is 2. The first-order chi connectivity index (χ1) is 19.2. The fraction of sp³-hybridized carbons (Fsp3) is 0.968. The van der Waals surface area contributed by atoms with Crippen molar-refractivity contribution >= 4 is 5.91 Å². The van der Waals surface area contributed by atoms with Crippen LogP contribution in [0.4, 0.5) is 0 Å². The summed E-state index contributed by atoms with van der Waals surface area (Å²) in [4.78, 5) is 12.1. The Bertz CT molecular complexity index is 740. The number of aliphatic hydroxyl groups is 2. The molecule has 3 saturated carbocycles. The predicted molar refractivity (Wildman–Crippen MR) is 156 cm³/mol. The Balaban J connectivity index is 1.33. The van der Waals surface area contributed by atoms with Gasteiger partial charge in [-0.1, -0.05) is 40.5 Å². The summed E-state index contributed by atoms with van der Waals surface area (Å²) in [5, 5.41) is 34.8. The van der Waals surface area contributed by atoms with Crippen molar-refractivity contribution in [3.05, 3.63) is 0 Å². The quantitative estimate of drug-likeness (QED) is 0.211. The molecule has 0 bridgehead atoms. The van der Waals surface area contributed by atoms with E-state index < -0.39 is 6.10 Å². The summed E-state index contributed by atoms with van der Waals surface area (Å²) in [5.74, 6) is 4.10. The highest BCUT2D eigenvalue weighted by molar-refractivity contribution is 5.77. The molecule has 11 atom stereocenters. The van der Waals surface area contributed by atoms with E-state index in [0.717, 1.165) is 24.7 Å². The second kappa shape index (κ2) is 15.6. The van der Waals surface area contributed by atoms with Crippen LogP contribution in [0, 0.1) is 41.4 Å². The Labute approximate surface area is 242 Å². The number of carbonyl (C=O) groups excluding carboxylic acids is 1. The molecule has 9 heteroatoms. The van der Waals surface area contributed by atoms with Gasteiger partial charge in [-0.25, -0.2) is 0 Å². The Morgan fingerprint density at radius 2 is 1.32 bits per heavy atom. The van der Waals surface area contributed by atoms with Gasteiger partial charge in [0.15, 0.2) is 0 Å². The van der Waals surface area contributed by atoms with Gasteiger partial charge in [0.25, 0.3) is 0 Å². The molecule has 0 aromatic rings. The second-order valence-electron chi connectivity index (χ2n) is 13.7. The molecule has 6 N–H and O–H groups in total. The number of carbonyl (C=O) groups is 1. The van der Waals surface area contributed by atoms with E-state index in [9.17, 15) is 9.90 Å². The van der Waals surface area contributed by atoms with Crippen molar-refractivity contribution in [2.75, 3.05) is 33.0 Å². The normalized spacial score (nSPS) is 42.9. The highest BCUT2D eigenvalue weighted by atomic mass is 16.5. The van der Waals surface area contributed by atoms with Crippen molar-refractivity contribution in [2.45, 2.75) is 116 Å². The molecule has 232 valence electrons. The fourth-order valence-electron chi connectivity index (χ4n) is 8.18. The summed E-state index contributed by atoms with van der Waals surface area (Å²) in [5.41, 5.74) is 0. The summed E-state index contributed by atoms with van der Waals surface area (Å²) < 4.78 is 11.1. The topological polar surface area (TPSA) is 124 Å². The third-order valence-corrected chi connectivity index (χ3v) is 10.4. The number of amides is 1. The molecular formula is C31H58N4O5. The van der Waals surface area contributed by atoms with Gasteiger partial charge in [-0.2, -0.15) is 0 Å². The standard InChI is InChI=1S/C31H58N4O5/c1-19-5-8-24(21(3)15-19)29-33-30(25-9-6-20(2)16-22(25)4)35-31(34-29)26-10-7-23(17-27(26)37)40-18-28(38)32-11-13-39-14-12-36/h19-27,29-31,33-37H,5-18H2,1-4H3,(H,32,38). The number of hydrogen-bond acceptors (Lipinski definition) is 8. The molecule has 3 aliphatic carbocycles. The number of nitrogens with one attached hydrogen (secondary N) is 4. The van der Waals surface area contributed by atoms with E-state index in [0.29, 0.717) is 43.2 Å². The van der Waals surface area contributed by atoms with Gasteiger partial charge in [-0.05, 0) is 80.5 Å².